The lowest BCUT2D eigenvalue weighted by atomic mass is 10.1. The third kappa shape index (κ3) is 6.25. The maximum Gasteiger partial charge on any atom is 0.294 e. The average Bonchev–Trinajstić information content (AvgIpc) is 2.73. The standard InChI is InChI=1S/C26H29NO4/c1-18(2)8-7-9-19(3)14-15-30-25-24(31-17-20-10-5-4-6-11-20)22-13-12-21(28)16-23(22)27-26(25)29/h4-6,8,10-14,16,28H,7,9,15,17H2,1-3H3,(H,27,29)/b19-14+. The second kappa shape index (κ2) is 10.5. The predicted octanol–water partition coefficient (Wildman–Crippen LogP) is 5.88. The summed E-state index contributed by atoms with van der Waals surface area (Å²) in [5.41, 5.74) is 3.59. The summed E-state index contributed by atoms with van der Waals surface area (Å²) >= 11 is 0. The number of ether oxygens (including phenoxy) is 2. The maximum absolute atomic E-state index is 12.7. The smallest absolute Gasteiger partial charge is 0.294 e. The van der Waals surface area contributed by atoms with Crippen LogP contribution in [0.25, 0.3) is 10.9 Å². The number of aromatic hydroxyl groups is 1. The van der Waals surface area contributed by atoms with Gasteiger partial charge in [-0.1, -0.05) is 47.6 Å². The summed E-state index contributed by atoms with van der Waals surface area (Å²) in [6.07, 6.45) is 6.12. The molecule has 5 heteroatoms. The molecule has 31 heavy (non-hydrogen) atoms. The van der Waals surface area contributed by atoms with E-state index in [0.29, 0.717) is 23.3 Å². The molecule has 0 amide bonds. The highest BCUT2D eigenvalue weighted by Gasteiger charge is 2.16. The van der Waals surface area contributed by atoms with Gasteiger partial charge < -0.3 is 19.6 Å². The number of aromatic amines is 1. The number of allylic oxidation sites excluding steroid dienone is 3. The van der Waals surface area contributed by atoms with Crippen LogP contribution in [0.5, 0.6) is 17.2 Å². The number of rotatable bonds is 9. The van der Waals surface area contributed by atoms with Crippen molar-refractivity contribution in [2.24, 2.45) is 0 Å². The molecule has 0 spiro atoms. The van der Waals surface area contributed by atoms with Crippen molar-refractivity contribution >= 4 is 10.9 Å². The molecule has 0 bridgehead atoms. The number of fused-ring (bicyclic) bond motifs is 1. The lowest BCUT2D eigenvalue weighted by Crippen LogP contribution is -2.14. The number of pyridine rings is 1. The number of benzene rings is 2. The molecule has 1 aromatic heterocycles. The van der Waals surface area contributed by atoms with Gasteiger partial charge in [-0.2, -0.15) is 0 Å². The first kappa shape index (κ1) is 22.2. The fourth-order valence-electron chi connectivity index (χ4n) is 3.20. The number of hydrogen-bond acceptors (Lipinski definition) is 4. The predicted molar refractivity (Wildman–Crippen MR) is 125 cm³/mol. The van der Waals surface area contributed by atoms with Crippen LogP contribution in [0.15, 0.2) is 76.6 Å². The molecular weight excluding hydrogens is 390 g/mol. The Balaban J connectivity index is 1.85. The van der Waals surface area contributed by atoms with Gasteiger partial charge in [0, 0.05) is 11.5 Å². The van der Waals surface area contributed by atoms with Crippen LogP contribution in [0.2, 0.25) is 0 Å². The molecule has 2 N–H and O–H groups in total. The Morgan fingerprint density at radius 3 is 2.52 bits per heavy atom. The van der Waals surface area contributed by atoms with Gasteiger partial charge in [0.1, 0.15) is 19.0 Å². The lowest BCUT2D eigenvalue weighted by Gasteiger charge is -2.14. The van der Waals surface area contributed by atoms with Crippen LogP contribution >= 0.6 is 0 Å². The zero-order valence-electron chi connectivity index (χ0n) is 18.3. The molecule has 3 aromatic rings. The van der Waals surface area contributed by atoms with Gasteiger partial charge in [0.05, 0.1) is 5.52 Å². The van der Waals surface area contributed by atoms with E-state index in [1.165, 1.54) is 17.2 Å². The number of phenolic OH excluding ortho intramolecular Hbond substituents is 1. The minimum absolute atomic E-state index is 0.0701. The Labute approximate surface area is 182 Å². The molecule has 0 saturated carbocycles. The second-order valence-corrected chi connectivity index (χ2v) is 7.80. The van der Waals surface area contributed by atoms with E-state index in [1.807, 2.05) is 36.4 Å². The Hall–Kier alpha value is -3.47. The molecule has 0 aliphatic heterocycles. The summed E-state index contributed by atoms with van der Waals surface area (Å²) < 4.78 is 11.9. The summed E-state index contributed by atoms with van der Waals surface area (Å²) in [6, 6.07) is 14.5. The number of aromatic nitrogens is 1. The van der Waals surface area contributed by atoms with Crippen molar-refractivity contribution in [3.8, 4) is 17.2 Å². The minimum atomic E-state index is -0.392. The van der Waals surface area contributed by atoms with Crippen LogP contribution in [0.4, 0.5) is 0 Å². The molecule has 1 heterocycles. The molecule has 0 atom stereocenters. The van der Waals surface area contributed by atoms with Crippen molar-refractivity contribution in [1.82, 2.24) is 4.98 Å². The Kier molecular flexibility index (Phi) is 7.55. The van der Waals surface area contributed by atoms with Crippen molar-refractivity contribution in [2.75, 3.05) is 6.61 Å². The summed E-state index contributed by atoms with van der Waals surface area (Å²) in [7, 11) is 0. The highest BCUT2D eigenvalue weighted by Crippen LogP contribution is 2.33. The SMILES string of the molecule is CC(C)=CCC/C(C)=C/COc1c(OCc2ccccc2)c2ccc(O)cc2[nH]c1=O. The van der Waals surface area contributed by atoms with E-state index in [2.05, 4.69) is 31.8 Å². The molecule has 2 aromatic carbocycles. The van der Waals surface area contributed by atoms with Crippen molar-refractivity contribution < 1.29 is 14.6 Å². The monoisotopic (exact) mass is 419 g/mol. The third-order valence-electron chi connectivity index (χ3n) is 4.89. The quantitative estimate of drug-likeness (QED) is 0.425. The van der Waals surface area contributed by atoms with Gasteiger partial charge in [0.25, 0.3) is 5.56 Å². The highest BCUT2D eigenvalue weighted by molar-refractivity contribution is 5.88. The van der Waals surface area contributed by atoms with E-state index in [0.717, 1.165) is 18.4 Å². The van der Waals surface area contributed by atoms with Gasteiger partial charge >= 0.3 is 0 Å². The average molecular weight is 420 g/mol. The van der Waals surface area contributed by atoms with Crippen molar-refractivity contribution in [1.29, 1.82) is 0 Å². The normalized spacial score (nSPS) is 11.4. The number of phenols is 1. The fourth-order valence-corrected chi connectivity index (χ4v) is 3.20. The molecule has 5 nitrogen and oxygen atoms in total. The van der Waals surface area contributed by atoms with E-state index in [1.54, 1.807) is 12.1 Å². The van der Waals surface area contributed by atoms with Gasteiger partial charge in [0.2, 0.25) is 5.75 Å². The summed E-state index contributed by atoms with van der Waals surface area (Å²) in [5, 5.41) is 10.5. The van der Waals surface area contributed by atoms with Crippen LogP contribution in [0, 0.1) is 0 Å². The zero-order chi connectivity index (χ0) is 22.2. The summed E-state index contributed by atoms with van der Waals surface area (Å²) in [6.45, 7) is 6.81. The Morgan fingerprint density at radius 2 is 1.77 bits per heavy atom. The first-order chi connectivity index (χ1) is 14.9. The van der Waals surface area contributed by atoms with Crippen LogP contribution < -0.4 is 15.0 Å². The second-order valence-electron chi connectivity index (χ2n) is 7.80. The van der Waals surface area contributed by atoms with E-state index < -0.39 is 5.56 Å². The molecule has 0 fully saturated rings. The number of nitrogens with one attached hydrogen (secondary N) is 1. The topological polar surface area (TPSA) is 71.5 Å². The van der Waals surface area contributed by atoms with Gasteiger partial charge in [-0.15, -0.1) is 0 Å². The van der Waals surface area contributed by atoms with Gasteiger partial charge in [-0.05, 0) is 57.4 Å². The van der Waals surface area contributed by atoms with Crippen LogP contribution in [0.3, 0.4) is 0 Å². The first-order valence-corrected chi connectivity index (χ1v) is 10.4. The van der Waals surface area contributed by atoms with Gasteiger partial charge in [-0.25, -0.2) is 0 Å². The minimum Gasteiger partial charge on any atom is -0.508 e. The molecule has 0 aliphatic rings. The Morgan fingerprint density at radius 1 is 1.00 bits per heavy atom. The van der Waals surface area contributed by atoms with E-state index in [-0.39, 0.29) is 18.1 Å². The highest BCUT2D eigenvalue weighted by atomic mass is 16.5. The molecule has 0 unspecified atom stereocenters. The van der Waals surface area contributed by atoms with Crippen molar-refractivity contribution in [3.63, 3.8) is 0 Å². The third-order valence-corrected chi connectivity index (χ3v) is 4.89. The van der Waals surface area contributed by atoms with Crippen molar-refractivity contribution in [2.45, 2.75) is 40.2 Å². The first-order valence-electron chi connectivity index (χ1n) is 10.4. The van der Waals surface area contributed by atoms with Crippen LogP contribution in [-0.4, -0.2) is 16.7 Å². The molecular formula is C26H29NO4. The van der Waals surface area contributed by atoms with E-state index in [4.69, 9.17) is 9.47 Å². The van der Waals surface area contributed by atoms with Crippen molar-refractivity contribution in [3.05, 3.63) is 87.7 Å². The maximum atomic E-state index is 12.7. The molecule has 3 rings (SSSR count). The van der Waals surface area contributed by atoms with Gasteiger partial charge in [-0.3, -0.25) is 4.79 Å². The zero-order valence-corrected chi connectivity index (χ0v) is 18.3. The molecule has 0 aliphatic carbocycles. The molecule has 0 radical (unpaired) electrons. The van der Waals surface area contributed by atoms with E-state index >= 15 is 0 Å². The van der Waals surface area contributed by atoms with E-state index in [9.17, 15) is 9.90 Å². The largest absolute Gasteiger partial charge is 0.508 e. The van der Waals surface area contributed by atoms with Gasteiger partial charge in [0.15, 0.2) is 5.75 Å². The summed E-state index contributed by atoms with van der Waals surface area (Å²) in [5.74, 6) is 0.585. The molecule has 0 saturated heterocycles. The molecule has 162 valence electrons. The fraction of sp³-hybridized carbons (Fsp3) is 0.269. The summed E-state index contributed by atoms with van der Waals surface area (Å²) in [4.78, 5) is 15.5. The van der Waals surface area contributed by atoms with Crippen LogP contribution in [-0.2, 0) is 6.61 Å². The van der Waals surface area contributed by atoms with Crippen LogP contribution in [0.1, 0.15) is 39.2 Å². The number of hydrogen-bond donors (Lipinski definition) is 2. The Bertz CT molecular complexity index is 1140. The lowest BCUT2D eigenvalue weighted by molar-refractivity contribution is 0.276. The number of H-pyrrole nitrogens is 1.